The maximum Gasteiger partial charge on any atom is 0.0543 e. The quantitative estimate of drug-likeness (QED) is 0.493. The van der Waals surface area contributed by atoms with Crippen LogP contribution < -0.4 is 0 Å². The maximum absolute atomic E-state index is 10.3. The van der Waals surface area contributed by atoms with Gasteiger partial charge in [0.1, 0.15) is 0 Å². The highest BCUT2D eigenvalue weighted by molar-refractivity contribution is 5.09. The van der Waals surface area contributed by atoms with Crippen LogP contribution in [0.2, 0.25) is 0 Å². The van der Waals surface area contributed by atoms with E-state index >= 15 is 0 Å². The van der Waals surface area contributed by atoms with E-state index in [2.05, 4.69) is 20.8 Å². The molecule has 0 heterocycles. The van der Waals surface area contributed by atoms with E-state index in [0.29, 0.717) is 35.0 Å². The van der Waals surface area contributed by atoms with Crippen molar-refractivity contribution >= 4 is 0 Å². The molecule has 1 nitrogen and oxygen atoms in total. The lowest BCUT2D eigenvalue weighted by Gasteiger charge is -2.61. The third kappa shape index (κ3) is 3.74. The van der Waals surface area contributed by atoms with Gasteiger partial charge in [0.25, 0.3) is 0 Å². The van der Waals surface area contributed by atoms with Crippen molar-refractivity contribution in [3.8, 4) is 0 Å². The molecule has 4 saturated carbocycles. The average molecular weight is 410 g/mol. The van der Waals surface area contributed by atoms with Gasteiger partial charge < -0.3 is 5.11 Å². The lowest BCUT2D eigenvalue weighted by molar-refractivity contribution is -0.129. The molecule has 0 spiro atoms. The summed E-state index contributed by atoms with van der Waals surface area (Å²) in [6.07, 6.45) is 11.8. The van der Waals surface area contributed by atoms with Crippen molar-refractivity contribution in [3.63, 3.8) is 0 Å². The predicted molar refractivity (Wildman–Crippen MR) is 124 cm³/mol. The first-order valence-corrected chi connectivity index (χ1v) is 12.6. The molecule has 0 aromatic heterocycles. The highest BCUT2D eigenvalue weighted by Gasteiger charge is 2.60. The molecule has 0 saturated heterocycles. The lowest BCUT2D eigenvalue weighted by atomic mass is 9.44. The van der Waals surface area contributed by atoms with Gasteiger partial charge in [-0.15, -0.1) is 0 Å². The van der Waals surface area contributed by atoms with Crippen LogP contribution in [0, 0.1) is 58.1 Å². The molecule has 4 rings (SSSR count). The maximum atomic E-state index is 10.3. The molecule has 0 radical (unpaired) electrons. The number of aliphatic hydroxyl groups is 1. The fraction of sp³-hybridized carbons (Fsp3) is 1.00. The van der Waals surface area contributed by atoms with Gasteiger partial charge in [-0.25, -0.2) is 0 Å². The van der Waals surface area contributed by atoms with Crippen LogP contribution in [0.25, 0.3) is 0 Å². The third-order valence-electron chi connectivity index (χ3n) is 10.9. The molecule has 0 aromatic rings. The molecular weight excluding hydrogens is 352 g/mol. The van der Waals surface area contributed by atoms with Crippen molar-refractivity contribution in [1.82, 2.24) is 0 Å². The van der Waals surface area contributed by atoms with E-state index in [1.165, 1.54) is 44.9 Å². The van der Waals surface area contributed by atoms with Crippen LogP contribution in [-0.2, 0) is 0 Å². The SMILES string of the molecule is [2H]C([2H])([2H])C([2H])([C@@H](C)CCC(C)[C@@H]1CC[C@@H]2[C@H]3CC[C@@H]4C[C@H](O)CC[C@@]4(C)[C@@H]3CC[C@]21C)C([2H])([2H])[2H]. The van der Waals surface area contributed by atoms with Gasteiger partial charge in [-0.3, -0.25) is 0 Å². The molecule has 4 aliphatic carbocycles. The van der Waals surface area contributed by atoms with E-state index in [9.17, 15) is 5.11 Å². The number of hydrogen-bond acceptors (Lipinski definition) is 1. The van der Waals surface area contributed by atoms with Crippen molar-refractivity contribution in [2.45, 2.75) is 118 Å². The van der Waals surface area contributed by atoms with Crippen LogP contribution in [0.5, 0.6) is 0 Å². The van der Waals surface area contributed by atoms with E-state index in [0.717, 1.165) is 37.0 Å². The zero-order valence-corrected chi connectivity index (χ0v) is 19.3. The molecule has 168 valence electrons. The average Bonchev–Trinajstić information content (AvgIpc) is 3.12. The van der Waals surface area contributed by atoms with Gasteiger partial charge in [0.05, 0.1) is 6.10 Å². The van der Waals surface area contributed by atoms with Gasteiger partial charge in [-0.1, -0.05) is 54.2 Å². The smallest absolute Gasteiger partial charge is 0.0543 e. The Morgan fingerprint density at radius 1 is 0.931 bits per heavy atom. The van der Waals surface area contributed by atoms with Gasteiger partial charge in [-0.05, 0) is 116 Å². The van der Waals surface area contributed by atoms with Crippen molar-refractivity contribution in [2.24, 2.45) is 58.1 Å². The van der Waals surface area contributed by atoms with E-state index < -0.39 is 25.5 Å². The van der Waals surface area contributed by atoms with Crippen molar-refractivity contribution in [1.29, 1.82) is 0 Å². The second-order valence-electron chi connectivity index (χ2n) is 12.2. The molecule has 1 N–H and O–H groups in total. The minimum Gasteiger partial charge on any atom is -0.393 e. The lowest BCUT2D eigenvalue weighted by Crippen LogP contribution is -2.54. The molecular formula is C28H50O. The summed E-state index contributed by atoms with van der Waals surface area (Å²) in [5.74, 6) is 0.793. The summed E-state index contributed by atoms with van der Waals surface area (Å²) in [5, 5.41) is 10.3. The normalized spacial score (nSPS) is 54.0. The molecule has 1 unspecified atom stereocenters. The second kappa shape index (κ2) is 8.14. The highest BCUT2D eigenvalue weighted by Crippen LogP contribution is 2.68. The predicted octanol–water partition coefficient (Wildman–Crippen LogP) is 7.71. The Kier molecular flexibility index (Phi) is 4.19. The zero-order chi connectivity index (χ0) is 26.9. The Labute approximate surface area is 191 Å². The topological polar surface area (TPSA) is 20.2 Å². The molecule has 0 aliphatic heterocycles. The first kappa shape index (κ1) is 14.9. The molecule has 1 heteroatoms. The first-order chi connectivity index (χ1) is 16.5. The van der Waals surface area contributed by atoms with E-state index in [1.54, 1.807) is 6.92 Å². The van der Waals surface area contributed by atoms with Gasteiger partial charge in [0.2, 0.25) is 0 Å². The number of rotatable bonds is 5. The summed E-state index contributed by atoms with van der Waals surface area (Å²) in [6, 6.07) is 0. The van der Waals surface area contributed by atoms with Crippen molar-refractivity contribution < 1.29 is 14.7 Å². The minimum atomic E-state index is -2.84. The number of aliphatic hydroxyl groups excluding tert-OH is 1. The van der Waals surface area contributed by atoms with Gasteiger partial charge >= 0.3 is 0 Å². The molecule has 29 heavy (non-hydrogen) atoms. The van der Waals surface area contributed by atoms with Crippen LogP contribution in [-0.4, -0.2) is 11.2 Å². The largest absolute Gasteiger partial charge is 0.393 e. The molecule has 0 aromatic carbocycles. The highest BCUT2D eigenvalue weighted by atomic mass is 16.3. The number of fused-ring (bicyclic) bond motifs is 5. The third-order valence-corrected chi connectivity index (χ3v) is 10.9. The van der Waals surface area contributed by atoms with Crippen LogP contribution in [0.15, 0.2) is 0 Å². The van der Waals surface area contributed by atoms with Crippen molar-refractivity contribution in [3.05, 3.63) is 0 Å². The van der Waals surface area contributed by atoms with Crippen LogP contribution >= 0.6 is 0 Å². The Balaban J connectivity index is 1.44. The van der Waals surface area contributed by atoms with Gasteiger partial charge in [-0.2, -0.15) is 0 Å². The van der Waals surface area contributed by atoms with Crippen molar-refractivity contribution in [2.75, 3.05) is 0 Å². The summed E-state index contributed by atoms with van der Waals surface area (Å²) in [5.41, 5.74) is 0.678. The summed E-state index contributed by atoms with van der Waals surface area (Å²) in [7, 11) is 0. The first-order valence-electron chi connectivity index (χ1n) is 16.1. The standard InChI is InChI=1S/C28H50O/c1-18(2)19(3)7-8-20(4)24-11-12-25-23-10-9-21-17-22(29)13-15-27(21,5)26(23)14-16-28(24,25)6/h18-26,29H,7-17H2,1-6H3/t19-,20?,21+,22+,23+,24-,25+,26+,27+,28-/m0/s1/i1D3,2D3,18D. The monoisotopic (exact) mass is 409 g/mol. The van der Waals surface area contributed by atoms with Crippen LogP contribution in [0.4, 0.5) is 0 Å². The molecule has 0 amide bonds. The van der Waals surface area contributed by atoms with Gasteiger partial charge in [0.15, 0.2) is 0 Å². The Hall–Kier alpha value is -0.0400. The molecule has 0 bridgehead atoms. The fourth-order valence-electron chi connectivity index (χ4n) is 9.07. The molecule has 4 aliphatic rings. The Bertz CT molecular complexity index is 780. The van der Waals surface area contributed by atoms with Crippen LogP contribution in [0.1, 0.15) is 122 Å². The minimum absolute atomic E-state index is 0.106. The summed E-state index contributed by atoms with van der Waals surface area (Å²) >= 11 is 0. The van der Waals surface area contributed by atoms with Gasteiger partial charge in [0, 0.05) is 9.60 Å². The summed E-state index contributed by atoms with van der Waals surface area (Å²) in [6.45, 7) is 3.31. The second-order valence-corrected chi connectivity index (χ2v) is 12.2. The Morgan fingerprint density at radius 3 is 2.41 bits per heavy atom. The van der Waals surface area contributed by atoms with E-state index in [4.69, 9.17) is 9.60 Å². The van der Waals surface area contributed by atoms with E-state index in [1.807, 2.05) is 0 Å². The fourth-order valence-corrected chi connectivity index (χ4v) is 9.07. The molecule has 4 fully saturated rings. The Morgan fingerprint density at radius 2 is 1.66 bits per heavy atom. The van der Waals surface area contributed by atoms with Crippen LogP contribution in [0.3, 0.4) is 0 Å². The summed E-state index contributed by atoms with van der Waals surface area (Å²) < 4.78 is 55.5. The summed E-state index contributed by atoms with van der Waals surface area (Å²) in [4.78, 5) is 0. The zero-order valence-electron chi connectivity index (χ0n) is 26.3. The molecule has 10 atom stereocenters. The van der Waals surface area contributed by atoms with E-state index in [-0.39, 0.29) is 6.10 Å². The number of hydrogen-bond donors (Lipinski definition) is 1.